The van der Waals surface area contributed by atoms with Crippen LogP contribution in [0.3, 0.4) is 0 Å². The second kappa shape index (κ2) is 11.7. The van der Waals surface area contributed by atoms with Crippen molar-refractivity contribution in [3.05, 3.63) is 60.2 Å². The Morgan fingerprint density at radius 3 is 2.59 bits per heavy atom. The normalized spacial score (nSPS) is 19.0. The summed E-state index contributed by atoms with van der Waals surface area (Å²) in [7, 11) is 0. The standard InChI is InChI=1S/C27H32FN7S2/c1-19-7-2-5-16-35(19)22-17-23(37-26-29-14-6-15-30-26)33-24(32-22)34-25(36)31-18-27(12-3-4-13-27)20-8-10-21(28)11-9-20/h6,8-11,14-15,17,19H,2-5,7,12-13,16,18H2,1H3,(H2,31,32,33,34,36)/t19-/m1/s1. The van der Waals surface area contributed by atoms with Crippen molar-refractivity contribution in [2.24, 2.45) is 0 Å². The maximum absolute atomic E-state index is 13.5. The lowest BCUT2D eigenvalue weighted by molar-refractivity contribution is 0.434. The Hall–Kier alpha value is -2.85. The number of thiocarbonyl (C=S) groups is 1. The first-order valence-electron chi connectivity index (χ1n) is 12.9. The van der Waals surface area contributed by atoms with Gasteiger partial charge in [-0.05, 0) is 86.8 Å². The van der Waals surface area contributed by atoms with Crippen molar-refractivity contribution in [1.82, 2.24) is 25.3 Å². The van der Waals surface area contributed by atoms with Gasteiger partial charge in [0.05, 0.1) is 0 Å². The summed E-state index contributed by atoms with van der Waals surface area (Å²) < 4.78 is 13.5. The van der Waals surface area contributed by atoms with Crippen molar-refractivity contribution in [3.8, 4) is 0 Å². The van der Waals surface area contributed by atoms with Crippen molar-refractivity contribution < 1.29 is 4.39 Å². The van der Waals surface area contributed by atoms with Gasteiger partial charge < -0.3 is 15.5 Å². The van der Waals surface area contributed by atoms with Crippen LogP contribution in [0.2, 0.25) is 0 Å². The van der Waals surface area contributed by atoms with Crippen LogP contribution in [0, 0.1) is 5.82 Å². The fraction of sp³-hybridized carbons (Fsp3) is 0.444. The molecule has 0 spiro atoms. The molecule has 0 radical (unpaired) electrons. The Labute approximate surface area is 227 Å². The van der Waals surface area contributed by atoms with E-state index in [2.05, 4.69) is 32.4 Å². The summed E-state index contributed by atoms with van der Waals surface area (Å²) in [6, 6.07) is 11.1. The Bertz CT molecular complexity index is 1200. The van der Waals surface area contributed by atoms with Gasteiger partial charge in [-0.15, -0.1) is 0 Å². The maximum Gasteiger partial charge on any atom is 0.232 e. The molecule has 2 N–H and O–H groups in total. The summed E-state index contributed by atoms with van der Waals surface area (Å²) in [5.41, 5.74) is 1.09. The molecule has 1 saturated heterocycles. The van der Waals surface area contributed by atoms with Crippen molar-refractivity contribution in [3.63, 3.8) is 0 Å². The first-order chi connectivity index (χ1) is 18.0. The van der Waals surface area contributed by atoms with E-state index in [4.69, 9.17) is 22.2 Å². The van der Waals surface area contributed by atoms with Gasteiger partial charge in [0.2, 0.25) is 5.95 Å². The topological polar surface area (TPSA) is 78.9 Å². The summed E-state index contributed by atoms with van der Waals surface area (Å²) in [6.45, 7) is 3.88. The lowest BCUT2D eigenvalue weighted by Crippen LogP contribution is -2.41. The highest BCUT2D eigenvalue weighted by molar-refractivity contribution is 7.99. The predicted octanol–water partition coefficient (Wildman–Crippen LogP) is 5.73. The average Bonchev–Trinajstić information content (AvgIpc) is 3.39. The summed E-state index contributed by atoms with van der Waals surface area (Å²) in [6.07, 6.45) is 11.4. The molecule has 37 heavy (non-hydrogen) atoms. The molecule has 3 aromatic rings. The molecule has 0 bridgehead atoms. The second-order valence-electron chi connectivity index (χ2n) is 9.86. The van der Waals surface area contributed by atoms with Crippen LogP contribution in [-0.4, -0.2) is 44.2 Å². The van der Waals surface area contributed by atoms with Gasteiger partial charge in [0, 0.05) is 43.0 Å². The molecule has 10 heteroatoms. The summed E-state index contributed by atoms with van der Waals surface area (Å²) in [4.78, 5) is 20.6. The minimum atomic E-state index is -0.211. The van der Waals surface area contributed by atoms with Gasteiger partial charge in [-0.1, -0.05) is 25.0 Å². The van der Waals surface area contributed by atoms with Crippen LogP contribution in [0.4, 0.5) is 16.2 Å². The molecule has 2 fully saturated rings. The number of aromatic nitrogens is 4. The van der Waals surface area contributed by atoms with Gasteiger partial charge in [-0.2, -0.15) is 4.98 Å². The number of anilines is 2. The van der Waals surface area contributed by atoms with Crippen LogP contribution in [0.25, 0.3) is 0 Å². The van der Waals surface area contributed by atoms with Crippen LogP contribution < -0.4 is 15.5 Å². The Morgan fingerprint density at radius 1 is 1.11 bits per heavy atom. The molecule has 5 rings (SSSR count). The average molecular weight is 538 g/mol. The fourth-order valence-corrected chi connectivity index (χ4v) is 6.23. The van der Waals surface area contributed by atoms with E-state index in [0.717, 1.165) is 61.5 Å². The van der Waals surface area contributed by atoms with Crippen LogP contribution in [-0.2, 0) is 5.41 Å². The molecule has 1 atom stereocenters. The lowest BCUT2D eigenvalue weighted by atomic mass is 9.79. The van der Waals surface area contributed by atoms with Crippen molar-refractivity contribution in [1.29, 1.82) is 0 Å². The molecule has 1 saturated carbocycles. The van der Waals surface area contributed by atoms with Gasteiger partial charge in [0.1, 0.15) is 16.7 Å². The Morgan fingerprint density at radius 2 is 1.86 bits per heavy atom. The summed E-state index contributed by atoms with van der Waals surface area (Å²) >= 11 is 7.09. The molecule has 1 aliphatic heterocycles. The molecule has 0 amide bonds. The van der Waals surface area contributed by atoms with Crippen LogP contribution in [0.1, 0.15) is 57.4 Å². The minimum absolute atomic E-state index is 0.0585. The zero-order valence-electron chi connectivity index (χ0n) is 21.0. The third-order valence-corrected chi connectivity index (χ3v) is 8.41. The molecule has 3 heterocycles. The van der Waals surface area contributed by atoms with Gasteiger partial charge in [-0.25, -0.2) is 19.3 Å². The SMILES string of the molecule is C[C@@H]1CCCCN1c1cc(Sc2ncccn2)nc(NC(=S)NCC2(c3ccc(F)cc3)CCCC2)n1. The summed E-state index contributed by atoms with van der Waals surface area (Å²) in [5, 5.41) is 8.50. The van der Waals surface area contributed by atoms with E-state index in [0.29, 0.717) is 28.8 Å². The first-order valence-corrected chi connectivity index (χ1v) is 14.1. The number of halogens is 1. The van der Waals surface area contributed by atoms with E-state index >= 15 is 0 Å². The van der Waals surface area contributed by atoms with Gasteiger partial charge in [0.25, 0.3) is 0 Å². The number of hydrogen-bond donors (Lipinski definition) is 2. The Kier molecular flexibility index (Phi) is 8.14. The molecule has 7 nitrogen and oxygen atoms in total. The summed E-state index contributed by atoms with van der Waals surface area (Å²) in [5.74, 6) is 1.12. The zero-order valence-corrected chi connectivity index (χ0v) is 22.6. The van der Waals surface area contributed by atoms with Crippen molar-refractivity contribution in [2.75, 3.05) is 23.3 Å². The number of nitrogens with zero attached hydrogens (tertiary/aromatic N) is 5. The highest BCUT2D eigenvalue weighted by atomic mass is 32.2. The molecule has 2 aliphatic rings. The van der Waals surface area contributed by atoms with Crippen molar-refractivity contribution in [2.45, 2.75) is 73.5 Å². The molecular weight excluding hydrogens is 505 g/mol. The van der Waals surface area contributed by atoms with Crippen LogP contribution >= 0.6 is 24.0 Å². The van der Waals surface area contributed by atoms with Crippen molar-refractivity contribution >= 4 is 40.9 Å². The third kappa shape index (κ3) is 6.35. The van der Waals surface area contributed by atoms with Crippen LogP contribution in [0.5, 0.6) is 0 Å². The van der Waals surface area contributed by atoms with Crippen LogP contribution in [0.15, 0.2) is 59.0 Å². The highest BCUT2D eigenvalue weighted by Gasteiger charge is 2.35. The fourth-order valence-electron chi connectivity index (χ4n) is 5.36. The number of benzene rings is 1. The number of hydrogen-bond acceptors (Lipinski definition) is 7. The van der Waals surface area contributed by atoms with Gasteiger partial charge in [0.15, 0.2) is 10.3 Å². The van der Waals surface area contributed by atoms with Gasteiger partial charge >= 0.3 is 0 Å². The highest BCUT2D eigenvalue weighted by Crippen LogP contribution is 2.40. The van der Waals surface area contributed by atoms with E-state index in [1.807, 2.05) is 18.2 Å². The largest absolute Gasteiger partial charge is 0.361 e. The van der Waals surface area contributed by atoms with E-state index in [1.165, 1.54) is 18.2 Å². The van der Waals surface area contributed by atoms with E-state index < -0.39 is 0 Å². The molecule has 194 valence electrons. The third-order valence-electron chi connectivity index (χ3n) is 7.35. The zero-order chi connectivity index (χ0) is 25.7. The maximum atomic E-state index is 13.5. The predicted molar refractivity (Wildman–Crippen MR) is 150 cm³/mol. The lowest BCUT2D eigenvalue weighted by Gasteiger charge is -2.34. The Balaban J connectivity index is 1.33. The smallest absolute Gasteiger partial charge is 0.232 e. The van der Waals surface area contributed by atoms with E-state index in [-0.39, 0.29) is 11.2 Å². The van der Waals surface area contributed by atoms with Gasteiger partial charge in [-0.3, -0.25) is 0 Å². The minimum Gasteiger partial charge on any atom is -0.361 e. The quantitative estimate of drug-likeness (QED) is 0.223. The number of piperidine rings is 1. The molecule has 2 aromatic heterocycles. The second-order valence-corrected chi connectivity index (χ2v) is 11.3. The monoisotopic (exact) mass is 537 g/mol. The van der Waals surface area contributed by atoms with E-state index in [1.54, 1.807) is 30.6 Å². The molecule has 1 aromatic carbocycles. The number of rotatable bonds is 7. The van der Waals surface area contributed by atoms with E-state index in [9.17, 15) is 4.39 Å². The molecule has 1 aliphatic carbocycles. The molecular formula is C27H32FN7S2. The first kappa shape index (κ1) is 25.8. The number of nitrogens with one attached hydrogen (secondary N) is 2. The molecule has 0 unspecified atom stereocenters.